The first-order valence-electron chi connectivity index (χ1n) is 4.72. The lowest BCUT2D eigenvalue weighted by molar-refractivity contribution is 0.133. The van der Waals surface area contributed by atoms with Crippen molar-refractivity contribution < 1.29 is 9.47 Å². The summed E-state index contributed by atoms with van der Waals surface area (Å²) in [5.41, 5.74) is 1.82. The summed E-state index contributed by atoms with van der Waals surface area (Å²) in [5, 5.41) is 0. The lowest BCUT2D eigenvalue weighted by atomic mass is 10.3. The number of benzene rings is 1. The van der Waals surface area contributed by atoms with Gasteiger partial charge in [-0.25, -0.2) is 4.98 Å². The molecule has 16 heavy (non-hydrogen) atoms. The summed E-state index contributed by atoms with van der Waals surface area (Å²) in [6, 6.07) is 3.83. The molecule has 2 aromatic rings. The summed E-state index contributed by atoms with van der Waals surface area (Å²) in [4.78, 5) is 4.35. The highest BCUT2D eigenvalue weighted by atomic mass is 79.9. The third kappa shape index (κ3) is 1.81. The Labute approximate surface area is 102 Å². The van der Waals surface area contributed by atoms with Crippen molar-refractivity contribution in [1.29, 1.82) is 0 Å². The third-order valence-electron chi connectivity index (χ3n) is 2.36. The van der Waals surface area contributed by atoms with E-state index in [1.54, 1.807) is 14.2 Å². The molecule has 1 aromatic carbocycles. The van der Waals surface area contributed by atoms with E-state index >= 15 is 0 Å². The van der Waals surface area contributed by atoms with Gasteiger partial charge in [0.15, 0.2) is 0 Å². The fourth-order valence-corrected chi connectivity index (χ4v) is 2.10. The zero-order valence-electron chi connectivity index (χ0n) is 9.16. The van der Waals surface area contributed by atoms with Crippen molar-refractivity contribution in [2.24, 2.45) is 0 Å². The molecular weight excluding hydrogens is 272 g/mol. The molecule has 4 nitrogen and oxygen atoms in total. The maximum Gasteiger partial charge on any atom is 0.135 e. The zero-order chi connectivity index (χ0) is 11.7. The monoisotopic (exact) mass is 283 g/mol. The molecule has 2 rings (SSSR count). The van der Waals surface area contributed by atoms with E-state index < -0.39 is 0 Å². The highest BCUT2D eigenvalue weighted by Gasteiger charge is 2.10. The minimum Gasteiger partial charge on any atom is -0.495 e. The van der Waals surface area contributed by atoms with Crippen LogP contribution in [0.4, 0.5) is 0 Å². The van der Waals surface area contributed by atoms with E-state index in [9.17, 15) is 0 Å². The van der Waals surface area contributed by atoms with Crippen LogP contribution in [0.2, 0.25) is 0 Å². The molecule has 1 radical (unpaired) electrons. The van der Waals surface area contributed by atoms with Crippen LogP contribution in [0.15, 0.2) is 16.6 Å². The van der Waals surface area contributed by atoms with E-state index in [0.29, 0.717) is 12.6 Å². The molecule has 0 saturated heterocycles. The van der Waals surface area contributed by atoms with E-state index in [2.05, 4.69) is 27.8 Å². The van der Waals surface area contributed by atoms with E-state index in [1.807, 2.05) is 16.7 Å². The number of nitrogens with zero attached hydrogens (tertiary/aromatic N) is 2. The standard InChI is InChI=1S/C11H12BrN2O2/c1-7-13-9-4-8(12)11(16-3)5-10(9)14(7)6-15-2/h4-5H,1,6H2,2-3H3. The molecular formula is C11H12BrN2O2. The summed E-state index contributed by atoms with van der Waals surface area (Å²) in [6.45, 7) is 4.31. The molecule has 0 N–H and O–H groups in total. The van der Waals surface area contributed by atoms with Gasteiger partial charge in [0.05, 0.1) is 22.6 Å². The summed E-state index contributed by atoms with van der Waals surface area (Å²) in [5.74, 6) is 1.45. The lowest BCUT2D eigenvalue weighted by Gasteiger charge is -2.06. The van der Waals surface area contributed by atoms with Crippen LogP contribution in [0.3, 0.4) is 0 Å². The fourth-order valence-electron chi connectivity index (χ4n) is 1.61. The van der Waals surface area contributed by atoms with Crippen LogP contribution in [0.5, 0.6) is 5.75 Å². The van der Waals surface area contributed by atoms with E-state index in [0.717, 1.165) is 21.3 Å². The van der Waals surface area contributed by atoms with Gasteiger partial charge in [-0.3, -0.25) is 0 Å². The second-order valence-corrected chi connectivity index (χ2v) is 4.20. The number of ether oxygens (including phenoxy) is 2. The molecule has 0 amide bonds. The van der Waals surface area contributed by atoms with Crippen LogP contribution in [0.1, 0.15) is 5.82 Å². The van der Waals surface area contributed by atoms with E-state index in [1.165, 1.54) is 0 Å². The van der Waals surface area contributed by atoms with Crippen molar-refractivity contribution >= 4 is 27.0 Å². The predicted octanol–water partition coefficient (Wildman–Crippen LogP) is 2.59. The van der Waals surface area contributed by atoms with Gasteiger partial charge in [0.2, 0.25) is 0 Å². The zero-order valence-corrected chi connectivity index (χ0v) is 10.7. The van der Waals surface area contributed by atoms with Gasteiger partial charge in [-0.2, -0.15) is 0 Å². The summed E-state index contributed by atoms with van der Waals surface area (Å²) < 4.78 is 13.1. The lowest BCUT2D eigenvalue weighted by Crippen LogP contribution is -2.01. The summed E-state index contributed by atoms with van der Waals surface area (Å²) >= 11 is 3.42. The maximum atomic E-state index is 5.25. The molecule has 0 unspecified atom stereocenters. The van der Waals surface area contributed by atoms with Gasteiger partial charge in [-0.1, -0.05) is 0 Å². The molecule has 0 aliphatic rings. The number of halogens is 1. The van der Waals surface area contributed by atoms with Crippen molar-refractivity contribution in [2.45, 2.75) is 6.73 Å². The van der Waals surface area contributed by atoms with Gasteiger partial charge in [0.25, 0.3) is 0 Å². The predicted molar refractivity (Wildman–Crippen MR) is 65.5 cm³/mol. The van der Waals surface area contributed by atoms with Gasteiger partial charge in [0.1, 0.15) is 18.3 Å². The van der Waals surface area contributed by atoms with Gasteiger partial charge in [-0.05, 0) is 22.0 Å². The first-order valence-corrected chi connectivity index (χ1v) is 5.51. The Hall–Kier alpha value is -1.07. The Balaban J connectivity index is 2.67. The highest BCUT2D eigenvalue weighted by Crippen LogP contribution is 2.30. The molecule has 1 heterocycles. The molecule has 0 aliphatic carbocycles. The number of fused-ring (bicyclic) bond motifs is 1. The summed E-state index contributed by atoms with van der Waals surface area (Å²) in [7, 11) is 3.27. The Morgan fingerprint density at radius 1 is 1.44 bits per heavy atom. The van der Waals surface area contributed by atoms with Gasteiger partial charge in [-0.15, -0.1) is 0 Å². The second-order valence-electron chi connectivity index (χ2n) is 3.35. The van der Waals surface area contributed by atoms with Crippen LogP contribution in [0.25, 0.3) is 11.0 Å². The molecule has 1 aromatic heterocycles. The van der Waals surface area contributed by atoms with Crippen molar-refractivity contribution in [2.75, 3.05) is 14.2 Å². The van der Waals surface area contributed by atoms with Crippen molar-refractivity contribution in [3.63, 3.8) is 0 Å². The van der Waals surface area contributed by atoms with Gasteiger partial charge in [0, 0.05) is 20.1 Å². The smallest absolute Gasteiger partial charge is 0.135 e. The molecule has 0 bridgehead atoms. The topological polar surface area (TPSA) is 36.3 Å². The summed E-state index contributed by atoms with van der Waals surface area (Å²) in [6.07, 6.45) is 0. The molecule has 0 spiro atoms. The average molecular weight is 284 g/mol. The van der Waals surface area contributed by atoms with Crippen LogP contribution in [0, 0.1) is 6.92 Å². The normalized spacial score (nSPS) is 11.0. The van der Waals surface area contributed by atoms with Gasteiger partial charge < -0.3 is 14.0 Å². The molecule has 0 atom stereocenters. The Kier molecular flexibility index (Phi) is 3.16. The first kappa shape index (κ1) is 11.4. The minimum atomic E-state index is 0.431. The largest absolute Gasteiger partial charge is 0.495 e. The fraction of sp³-hybridized carbons (Fsp3) is 0.273. The molecule has 5 heteroatoms. The second kappa shape index (κ2) is 4.43. The Morgan fingerprint density at radius 3 is 2.81 bits per heavy atom. The first-order chi connectivity index (χ1) is 7.67. The van der Waals surface area contributed by atoms with Crippen molar-refractivity contribution in [3.05, 3.63) is 29.4 Å². The minimum absolute atomic E-state index is 0.431. The van der Waals surface area contributed by atoms with Crippen molar-refractivity contribution in [3.8, 4) is 5.75 Å². The average Bonchev–Trinajstić information content (AvgIpc) is 2.54. The molecule has 85 valence electrons. The van der Waals surface area contributed by atoms with Crippen LogP contribution in [-0.4, -0.2) is 23.8 Å². The Bertz CT molecular complexity index is 522. The molecule has 0 saturated carbocycles. The van der Waals surface area contributed by atoms with Crippen LogP contribution in [-0.2, 0) is 11.5 Å². The number of imidazole rings is 1. The van der Waals surface area contributed by atoms with Crippen molar-refractivity contribution in [1.82, 2.24) is 9.55 Å². The van der Waals surface area contributed by atoms with Crippen LogP contribution < -0.4 is 4.74 Å². The third-order valence-corrected chi connectivity index (χ3v) is 2.98. The van der Waals surface area contributed by atoms with E-state index in [4.69, 9.17) is 9.47 Å². The molecule has 0 aliphatic heterocycles. The number of aromatic nitrogens is 2. The number of methoxy groups -OCH3 is 2. The SMILES string of the molecule is [CH2]c1nc2cc(Br)c(OC)cc2n1COC. The van der Waals surface area contributed by atoms with E-state index in [-0.39, 0.29) is 0 Å². The van der Waals surface area contributed by atoms with Crippen LogP contribution >= 0.6 is 15.9 Å². The number of hydrogen-bond acceptors (Lipinski definition) is 3. The number of hydrogen-bond donors (Lipinski definition) is 0. The quantitative estimate of drug-likeness (QED) is 0.869. The van der Waals surface area contributed by atoms with Gasteiger partial charge >= 0.3 is 0 Å². The Morgan fingerprint density at radius 2 is 2.19 bits per heavy atom. The highest BCUT2D eigenvalue weighted by molar-refractivity contribution is 9.10. The number of rotatable bonds is 3. The molecule has 0 fully saturated rings. The maximum absolute atomic E-state index is 5.25.